The van der Waals surface area contributed by atoms with Crippen molar-refractivity contribution in [1.29, 1.82) is 0 Å². The number of rotatable bonds is 10. The highest BCUT2D eigenvalue weighted by Crippen LogP contribution is 2.40. The lowest BCUT2D eigenvalue weighted by molar-refractivity contribution is -0.155. The second-order valence-electron chi connectivity index (χ2n) is 8.56. The molecule has 148 valence electrons. The highest BCUT2D eigenvalue weighted by atomic mass is 16.3. The van der Waals surface area contributed by atoms with Gasteiger partial charge < -0.3 is 5.11 Å². The van der Waals surface area contributed by atoms with Crippen LogP contribution in [0.3, 0.4) is 0 Å². The van der Waals surface area contributed by atoms with Crippen molar-refractivity contribution >= 4 is 23.1 Å². The van der Waals surface area contributed by atoms with E-state index in [0.29, 0.717) is 19.3 Å². The van der Waals surface area contributed by atoms with Gasteiger partial charge in [0, 0.05) is 12.3 Å². The lowest BCUT2D eigenvalue weighted by Crippen LogP contribution is -2.50. The van der Waals surface area contributed by atoms with Gasteiger partial charge in [-0.15, -0.1) is 0 Å². The Morgan fingerprint density at radius 3 is 2.04 bits per heavy atom. The van der Waals surface area contributed by atoms with Crippen LogP contribution in [0.15, 0.2) is 0 Å². The van der Waals surface area contributed by atoms with Crippen LogP contribution in [-0.4, -0.2) is 33.8 Å². The number of carbonyl (C=O) groups excluding carboxylic acids is 4. The third-order valence-corrected chi connectivity index (χ3v) is 5.56. The number of hydrogen-bond acceptors (Lipinski definition) is 5. The molecule has 0 aliphatic heterocycles. The fourth-order valence-electron chi connectivity index (χ4n) is 3.48. The molecule has 1 rings (SSSR count). The van der Waals surface area contributed by atoms with Gasteiger partial charge in [-0.3, -0.25) is 19.2 Å². The van der Waals surface area contributed by atoms with Gasteiger partial charge in [0.1, 0.15) is 5.92 Å². The quantitative estimate of drug-likeness (QED) is 0.600. The predicted molar refractivity (Wildman–Crippen MR) is 99.6 cm³/mol. The molecule has 26 heavy (non-hydrogen) atoms. The number of ketones is 4. The van der Waals surface area contributed by atoms with Gasteiger partial charge in [-0.25, -0.2) is 0 Å². The minimum atomic E-state index is -2.34. The molecule has 0 radical (unpaired) electrons. The smallest absolute Gasteiger partial charge is 0.192 e. The van der Waals surface area contributed by atoms with Crippen molar-refractivity contribution in [3.05, 3.63) is 0 Å². The maximum Gasteiger partial charge on any atom is 0.192 e. The van der Waals surface area contributed by atoms with Crippen LogP contribution in [-0.2, 0) is 19.2 Å². The average molecular weight is 366 g/mol. The highest BCUT2D eigenvalue weighted by molar-refractivity contribution is 6.33. The number of hydrogen-bond donors (Lipinski definition) is 1. The zero-order valence-electron chi connectivity index (χ0n) is 17.0. The van der Waals surface area contributed by atoms with E-state index in [-0.39, 0.29) is 24.7 Å². The molecule has 0 spiro atoms. The Bertz CT molecular complexity index is 563. The van der Waals surface area contributed by atoms with Crippen LogP contribution in [0.25, 0.3) is 0 Å². The molecule has 1 N–H and O–H groups in total. The topological polar surface area (TPSA) is 88.5 Å². The molecular formula is C21H34O5. The molecule has 4 atom stereocenters. The SMILES string of the molecule is CCC(C)C(=O)C1C(=O)[C@@H](CCC(C)C)[C@](O)(C(=O)CCC(C)C)C1=O. The summed E-state index contributed by atoms with van der Waals surface area (Å²) in [5, 5.41) is 11.1. The van der Waals surface area contributed by atoms with Crippen molar-refractivity contribution in [3.8, 4) is 0 Å². The minimum Gasteiger partial charge on any atom is -0.374 e. The van der Waals surface area contributed by atoms with Crippen LogP contribution in [0.1, 0.15) is 73.6 Å². The molecule has 0 aromatic heterocycles. The summed E-state index contributed by atoms with van der Waals surface area (Å²) in [5.74, 6) is -5.09. The average Bonchev–Trinajstić information content (AvgIpc) is 2.76. The number of aliphatic hydroxyl groups is 1. The van der Waals surface area contributed by atoms with E-state index in [1.54, 1.807) is 6.92 Å². The first kappa shape index (κ1) is 22.7. The summed E-state index contributed by atoms with van der Waals surface area (Å²) in [7, 11) is 0. The van der Waals surface area contributed by atoms with Crippen LogP contribution in [0.5, 0.6) is 0 Å². The van der Waals surface area contributed by atoms with Crippen molar-refractivity contribution in [2.75, 3.05) is 0 Å². The summed E-state index contributed by atoms with van der Waals surface area (Å²) >= 11 is 0. The summed E-state index contributed by atoms with van der Waals surface area (Å²) in [6.07, 6.45) is 1.93. The van der Waals surface area contributed by atoms with E-state index in [1.165, 1.54) is 0 Å². The molecule has 2 unspecified atom stereocenters. The Morgan fingerprint density at radius 2 is 1.58 bits per heavy atom. The monoisotopic (exact) mass is 366 g/mol. The van der Waals surface area contributed by atoms with Crippen LogP contribution in [0.4, 0.5) is 0 Å². The summed E-state index contributed by atoms with van der Waals surface area (Å²) < 4.78 is 0. The van der Waals surface area contributed by atoms with Crippen molar-refractivity contribution in [3.63, 3.8) is 0 Å². The van der Waals surface area contributed by atoms with Crippen molar-refractivity contribution < 1.29 is 24.3 Å². The lowest BCUT2D eigenvalue weighted by atomic mass is 9.79. The van der Waals surface area contributed by atoms with E-state index < -0.39 is 46.5 Å². The molecule has 5 heteroatoms. The van der Waals surface area contributed by atoms with E-state index in [2.05, 4.69) is 0 Å². The molecule has 0 aromatic carbocycles. The Kier molecular flexibility index (Phi) is 7.87. The second kappa shape index (κ2) is 9.03. The minimum absolute atomic E-state index is 0.0373. The zero-order chi connectivity index (χ0) is 20.2. The van der Waals surface area contributed by atoms with Gasteiger partial charge in [-0.2, -0.15) is 0 Å². The van der Waals surface area contributed by atoms with Gasteiger partial charge in [0.05, 0.1) is 5.92 Å². The Morgan fingerprint density at radius 1 is 1.04 bits per heavy atom. The number of Topliss-reactive ketones (excluding diaryl/α,β-unsaturated/α-hetero) is 4. The Balaban J connectivity index is 3.24. The molecule has 1 aliphatic carbocycles. The fraction of sp³-hybridized carbons (Fsp3) is 0.810. The summed E-state index contributed by atoms with van der Waals surface area (Å²) in [6.45, 7) is 11.3. The highest BCUT2D eigenvalue weighted by Gasteiger charge is 2.64. The summed E-state index contributed by atoms with van der Waals surface area (Å²) in [4.78, 5) is 51.2. The lowest BCUT2D eigenvalue weighted by Gasteiger charge is -2.26. The van der Waals surface area contributed by atoms with Gasteiger partial charge in [0.15, 0.2) is 28.7 Å². The van der Waals surface area contributed by atoms with Gasteiger partial charge in [-0.05, 0) is 31.1 Å². The largest absolute Gasteiger partial charge is 0.374 e. The Labute approximate surface area is 156 Å². The van der Waals surface area contributed by atoms with E-state index >= 15 is 0 Å². The van der Waals surface area contributed by atoms with Gasteiger partial charge in [0.2, 0.25) is 0 Å². The fourth-order valence-corrected chi connectivity index (χ4v) is 3.48. The second-order valence-corrected chi connectivity index (χ2v) is 8.56. The summed E-state index contributed by atoms with van der Waals surface area (Å²) in [5.41, 5.74) is -2.34. The maximum absolute atomic E-state index is 12.9. The number of carbonyl (C=O) groups is 4. The molecule has 5 nitrogen and oxygen atoms in total. The molecule has 0 saturated heterocycles. The van der Waals surface area contributed by atoms with Gasteiger partial charge in [-0.1, -0.05) is 48.0 Å². The van der Waals surface area contributed by atoms with Crippen LogP contribution < -0.4 is 0 Å². The molecule has 0 heterocycles. The zero-order valence-corrected chi connectivity index (χ0v) is 17.0. The standard InChI is InChI=1S/C21H34O5/c1-7-14(6)18(23)17-19(24)15(10-8-12(2)3)21(26,20(17)25)16(22)11-9-13(4)5/h12-15,17,26H,7-11H2,1-6H3/t14?,15-,17?,21+/m1/s1. The van der Waals surface area contributed by atoms with Crippen molar-refractivity contribution in [2.24, 2.45) is 29.6 Å². The molecule has 1 fully saturated rings. The first-order valence-corrected chi connectivity index (χ1v) is 9.85. The third-order valence-electron chi connectivity index (χ3n) is 5.56. The Hall–Kier alpha value is -1.36. The molecular weight excluding hydrogens is 332 g/mol. The predicted octanol–water partition coefficient (Wildman–Crippen LogP) is 3.16. The first-order valence-electron chi connectivity index (χ1n) is 9.85. The normalized spacial score (nSPS) is 27.4. The molecule has 0 aromatic rings. The van der Waals surface area contributed by atoms with E-state index in [0.717, 1.165) is 0 Å². The van der Waals surface area contributed by atoms with E-state index in [9.17, 15) is 24.3 Å². The van der Waals surface area contributed by atoms with Crippen LogP contribution in [0.2, 0.25) is 0 Å². The van der Waals surface area contributed by atoms with E-state index in [1.807, 2.05) is 34.6 Å². The molecule has 0 amide bonds. The van der Waals surface area contributed by atoms with E-state index in [4.69, 9.17) is 0 Å². The molecule has 1 saturated carbocycles. The third kappa shape index (κ3) is 4.48. The van der Waals surface area contributed by atoms with Crippen LogP contribution in [0, 0.1) is 29.6 Å². The van der Waals surface area contributed by atoms with Crippen molar-refractivity contribution in [2.45, 2.75) is 79.2 Å². The summed E-state index contributed by atoms with van der Waals surface area (Å²) in [6, 6.07) is 0. The van der Waals surface area contributed by atoms with Crippen LogP contribution >= 0.6 is 0 Å². The van der Waals surface area contributed by atoms with Gasteiger partial charge in [0.25, 0.3) is 0 Å². The molecule has 1 aliphatic rings. The van der Waals surface area contributed by atoms with Gasteiger partial charge >= 0.3 is 0 Å². The molecule has 0 bridgehead atoms. The maximum atomic E-state index is 12.9. The van der Waals surface area contributed by atoms with Crippen molar-refractivity contribution in [1.82, 2.24) is 0 Å². The first-order chi connectivity index (χ1) is 12.0.